The summed E-state index contributed by atoms with van der Waals surface area (Å²) in [4.78, 5) is 18.5. The van der Waals surface area contributed by atoms with Crippen molar-refractivity contribution in [2.24, 2.45) is 10.9 Å². The maximum Gasteiger partial charge on any atom is 0.224 e. The second kappa shape index (κ2) is 12.0. The molecule has 1 atom stereocenters. The van der Waals surface area contributed by atoms with Gasteiger partial charge in [0.1, 0.15) is 5.75 Å². The molecule has 7 heteroatoms. The van der Waals surface area contributed by atoms with E-state index in [-0.39, 0.29) is 29.9 Å². The summed E-state index contributed by atoms with van der Waals surface area (Å²) in [5, 5.41) is 6.47. The highest BCUT2D eigenvalue weighted by molar-refractivity contribution is 14.0. The van der Waals surface area contributed by atoms with Gasteiger partial charge in [-0.25, -0.2) is 0 Å². The Hall–Kier alpha value is -1.51. The largest absolute Gasteiger partial charge is 0.497 e. The summed E-state index contributed by atoms with van der Waals surface area (Å²) in [5.74, 6) is 2.39. The van der Waals surface area contributed by atoms with Crippen LogP contribution in [-0.4, -0.2) is 50.6 Å². The summed E-state index contributed by atoms with van der Waals surface area (Å²) in [5.41, 5.74) is 1.14. The molecule has 0 aliphatic carbocycles. The van der Waals surface area contributed by atoms with Gasteiger partial charge in [-0.05, 0) is 36.5 Å². The number of piperidine rings is 1. The van der Waals surface area contributed by atoms with Gasteiger partial charge in [0.05, 0.1) is 7.11 Å². The number of nitrogens with zero attached hydrogens (tertiary/aromatic N) is 2. The third kappa shape index (κ3) is 7.39. The molecule has 2 N–H and O–H groups in total. The van der Waals surface area contributed by atoms with E-state index >= 15 is 0 Å². The number of hydrogen-bond acceptors (Lipinski definition) is 3. The van der Waals surface area contributed by atoms with E-state index in [0.29, 0.717) is 31.4 Å². The van der Waals surface area contributed by atoms with E-state index in [0.717, 1.165) is 30.8 Å². The van der Waals surface area contributed by atoms with Gasteiger partial charge in [-0.2, -0.15) is 0 Å². The molecule has 1 heterocycles. The topological polar surface area (TPSA) is 66.0 Å². The SMILES string of the molecule is CN=C(NCCC(=O)N1CCCC(C)C1)NCc1ccc(OC)cc1.I. The molecule has 0 saturated carbocycles. The van der Waals surface area contributed by atoms with E-state index in [1.807, 2.05) is 29.2 Å². The van der Waals surface area contributed by atoms with Crippen LogP contribution in [0.4, 0.5) is 0 Å². The van der Waals surface area contributed by atoms with Gasteiger partial charge < -0.3 is 20.3 Å². The molecule has 146 valence electrons. The first-order valence-electron chi connectivity index (χ1n) is 8.97. The summed E-state index contributed by atoms with van der Waals surface area (Å²) in [6.07, 6.45) is 2.84. The monoisotopic (exact) mass is 474 g/mol. The molecule has 1 unspecified atom stereocenters. The normalized spacial score (nSPS) is 17.3. The van der Waals surface area contributed by atoms with Crippen LogP contribution in [0.5, 0.6) is 5.75 Å². The molecule has 0 aromatic heterocycles. The molecule has 1 aromatic rings. The van der Waals surface area contributed by atoms with Crippen molar-refractivity contribution in [3.8, 4) is 5.75 Å². The lowest BCUT2D eigenvalue weighted by atomic mass is 10.00. The molecule has 1 aliphatic rings. The molecule has 1 aliphatic heterocycles. The molecule has 6 nitrogen and oxygen atoms in total. The molecule has 2 rings (SSSR count). The molecule has 1 fully saturated rings. The van der Waals surface area contributed by atoms with Crippen LogP contribution in [0.1, 0.15) is 31.7 Å². The van der Waals surface area contributed by atoms with Crippen molar-refractivity contribution in [1.82, 2.24) is 15.5 Å². The Balaban J connectivity index is 0.00000338. The average molecular weight is 474 g/mol. The van der Waals surface area contributed by atoms with Gasteiger partial charge in [0.15, 0.2) is 5.96 Å². The smallest absolute Gasteiger partial charge is 0.224 e. The van der Waals surface area contributed by atoms with E-state index < -0.39 is 0 Å². The minimum Gasteiger partial charge on any atom is -0.497 e. The minimum atomic E-state index is 0. The lowest BCUT2D eigenvalue weighted by Gasteiger charge is -2.31. The quantitative estimate of drug-likeness (QED) is 0.378. The van der Waals surface area contributed by atoms with Crippen LogP contribution in [0.15, 0.2) is 29.3 Å². The van der Waals surface area contributed by atoms with Gasteiger partial charge >= 0.3 is 0 Å². The molecular formula is C19H31IN4O2. The van der Waals surface area contributed by atoms with Gasteiger partial charge in [-0.1, -0.05) is 19.1 Å². The number of aliphatic imine (C=N–C) groups is 1. The van der Waals surface area contributed by atoms with Crippen molar-refractivity contribution in [1.29, 1.82) is 0 Å². The summed E-state index contributed by atoms with van der Waals surface area (Å²) < 4.78 is 5.16. The van der Waals surface area contributed by atoms with Crippen molar-refractivity contribution >= 4 is 35.8 Å². The average Bonchev–Trinajstić information content (AvgIpc) is 2.64. The Kier molecular flexibility index (Phi) is 10.4. The summed E-state index contributed by atoms with van der Waals surface area (Å²) in [7, 11) is 3.39. The van der Waals surface area contributed by atoms with Crippen LogP contribution >= 0.6 is 24.0 Å². The van der Waals surface area contributed by atoms with Crippen molar-refractivity contribution in [3.63, 3.8) is 0 Å². The van der Waals surface area contributed by atoms with Crippen LogP contribution < -0.4 is 15.4 Å². The summed E-state index contributed by atoms with van der Waals surface area (Å²) in [6.45, 7) is 5.26. The van der Waals surface area contributed by atoms with Crippen molar-refractivity contribution in [2.75, 3.05) is 33.8 Å². The number of ether oxygens (including phenoxy) is 1. The number of methoxy groups -OCH3 is 1. The second-order valence-corrected chi connectivity index (χ2v) is 6.54. The standard InChI is InChI=1S/C19H30N4O2.HI/c1-15-5-4-12-23(14-15)18(24)10-11-21-19(20-2)22-13-16-6-8-17(25-3)9-7-16;/h6-9,15H,4-5,10-14H2,1-3H3,(H2,20,21,22);1H. The van der Waals surface area contributed by atoms with Crippen LogP contribution in [0.3, 0.4) is 0 Å². The maximum atomic E-state index is 12.3. The van der Waals surface area contributed by atoms with Crippen LogP contribution in [0, 0.1) is 5.92 Å². The number of nitrogens with one attached hydrogen (secondary N) is 2. The fourth-order valence-electron chi connectivity index (χ4n) is 3.01. The molecule has 26 heavy (non-hydrogen) atoms. The van der Waals surface area contributed by atoms with Crippen LogP contribution in [0.25, 0.3) is 0 Å². The Labute approximate surface area is 173 Å². The van der Waals surface area contributed by atoms with Crippen LogP contribution in [-0.2, 0) is 11.3 Å². The van der Waals surface area contributed by atoms with E-state index in [2.05, 4.69) is 22.5 Å². The summed E-state index contributed by atoms with van der Waals surface area (Å²) >= 11 is 0. The highest BCUT2D eigenvalue weighted by Gasteiger charge is 2.20. The maximum absolute atomic E-state index is 12.3. The van der Waals surface area contributed by atoms with E-state index in [1.165, 1.54) is 6.42 Å². The molecule has 1 amide bonds. The predicted molar refractivity (Wildman–Crippen MR) is 116 cm³/mol. The van der Waals surface area contributed by atoms with Gasteiger partial charge in [0, 0.05) is 39.6 Å². The highest BCUT2D eigenvalue weighted by Crippen LogP contribution is 2.16. The molecule has 0 radical (unpaired) electrons. The lowest BCUT2D eigenvalue weighted by Crippen LogP contribution is -2.42. The predicted octanol–water partition coefficient (Wildman–Crippen LogP) is 2.63. The third-order valence-corrected chi connectivity index (χ3v) is 4.48. The molecule has 0 bridgehead atoms. The molecule has 1 saturated heterocycles. The first-order valence-corrected chi connectivity index (χ1v) is 8.97. The Morgan fingerprint density at radius 2 is 2.04 bits per heavy atom. The fourth-order valence-corrected chi connectivity index (χ4v) is 3.01. The zero-order valence-corrected chi connectivity index (χ0v) is 18.3. The summed E-state index contributed by atoms with van der Waals surface area (Å²) in [6, 6.07) is 7.90. The molecule has 1 aromatic carbocycles. The first-order chi connectivity index (χ1) is 12.1. The van der Waals surface area contributed by atoms with Crippen LogP contribution in [0.2, 0.25) is 0 Å². The zero-order chi connectivity index (χ0) is 18.1. The first kappa shape index (κ1) is 22.5. The van der Waals surface area contributed by atoms with Crippen molar-refractivity contribution in [3.05, 3.63) is 29.8 Å². The number of hydrogen-bond donors (Lipinski definition) is 2. The van der Waals surface area contributed by atoms with Gasteiger partial charge in [-0.3, -0.25) is 9.79 Å². The zero-order valence-electron chi connectivity index (χ0n) is 16.0. The van der Waals surface area contributed by atoms with E-state index in [9.17, 15) is 4.79 Å². The Bertz CT molecular complexity index is 577. The van der Waals surface area contributed by atoms with Gasteiger partial charge in [0.2, 0.25) is 5.91 Å². The van der Waals surface area contributed by atoms with Gasteiger partial charge in [-0.15, -0.1) is 24.0 Å². The number of guanidine groups is 1. The van der Waals surface area contributed by atoms with Gasteiger partial charge in [0.25, 0.3) is 0 Å². The fraction of sp³-hybridized carbons (Fsp3) is 0.579. The number of carbonyl (C=O) groups is 1. The highest BCUT2D eigenvalue weighted by atomic mass is 127. The lowest BCUT2D eigenvalue weighted by molar-refractivity contribution is -0.132. The van der Waals surface area contributed by atoms with E-state index in [4.69, 9.17) is 4.74 Å². The second-order valence-electron chi connectivity index (χ2n) is 6.54. The number of likely N-dealkylation sites (tertiary alicyclic amines) is 1. The number of benzene rings is 1. The molecule has 0 spiro atoms. The minimum absolute atomic E-state index is 0. The number of halogens is 1. The van der Waals surface area contributed by atoms with E-state index in [1.54, 1.807) is 14.2 Å². The Morgan fingerprint density at radius 1 is 1.31 bits per heavy atom. The van der Waals surface area contributed by atoms with Crippen molar-refractivity contribution < 1.29 is 9.53 Å². The van der Waals surface area contributed by atoms with Crippen molar-refractivity contribution in [2.45, 2.75) is 32.7 Å². The number of rotatable bonds is 6. The number of amides is 1. The molecular weight excluding hydrogens is 443 g/mol. The third-order valence-electron chi connectivity index (χ3n) is 4.48. The number of carbonyl (C=O) groups excluding carboxylic acids is 1. The Morgan fingerprint density at radius 3 is 2.65 bits per heavy atom.